The Kier molecular flexibility index (Phi) is 7.35. The van der Waals surface area contributed by atoms with Crippen LogP contribution < -0.4 is 5.32 Å². The van der Waals surface area contributed by atoms with E-state index in [0.717, 1.165) is 6.07 Å². The van der Waals surface area contributed by atoms with Gasteiger partial charge in [0.2, 0.25) is 0 Å². The highest BCUT2D eigenvalue weighted by Crippen LogP contribution is 2.30. The number of benzene rings is 1. The van der Waals surface area contributed by atoms with Crippen molar-refractivity contribution in [2.24, 2.45) is 10.9 Å². The van der Waals surface area contributed by atoms with Gasteiger partial charge in [-0.3, -0.25) is 4.99 Å². The van der Waals surface area contributed by atoms with Crippen molar-refractivity contribution in [1.82, 2.24) is 5.32 Å². The number of nitrogens with one attached hydrogen (secondary N) is 1. The van der Waals surface area contributed by atoms with Crippen LogP contribution in [0.15, 0.2) is 35.8 Å². The number of aliphatic imine (C=N–C) groups is 1. The first-order chi connectivity index (χ1) is 12.7. The SMILES string of the molecule is C=CC[C@H]1CC[C@H](c2cccc(F)c2F)CN/C1=N\CC(O)CC(F)(F)F. The molecule has 2 rings (SSSR count). The molecule has 0 aliphatic carbocycles. The molecule has 1 saturated heterocycles. The molecule has 1 heterocycles. The van der Waals surface area contributed by atoms with E-state index < -0.39 is 30.3 Å². The summed E-state index contributed by atoms with van der Waals surface area (Å²) in [5.41, 5.74) is 0.262. The topological polar surface area (TPSA) is 44.6 Å². The first-order valence-electron chi connectivity index (χ1n) is 8.79. The highest BCUT2D eigenvalue weighted by Gasteiger charge is 2.31. The van der Waals surface area contributed by atoms with Gasteiger partial charge in [0.1, 0.15) is 0 Å². The minimum absolute atomic E-state index is 0.123. The molecular weight excluding hydrogens is 367 g/mol. The van der Waals surface area contributed by atoms with Crippen molar-refractivity contribution in [3.63, 3.8) is 0 Å². The molecule has 8 heteroatoms. The van der Waals surface area contributed by atoms with Gasteiger partial charge < -0.3 is 10.4 Å². The van der Waals surface area contributed by atoms with Gasteiger partial charge in [-0.25, -0.2) is 8.78 Å². The van der Waals surface area contributed by atoms with Crippen LogP contribution in [0.2, 0.25) is 0 Å². The Balaban J connectivity index is 2.12. The van der Waals surface area contributed by atoms with Gasteiger partial charge in [-0.2, -0.15) is 13.2 Å². The molecular formula is C19H23F5N2O. The Hall–Kier alpha value is -1.96. The second-order valence-electron chi connectivity index (χ2n) is 6.72. The van der Waals surface area contributed by atoms with Crippen molar-refractivity contribution in [1.29, 1.82) is 0 Å². The summed E-state index contributed by atoms with van der Waals surface area (Å²) in [6.07, 6.45) is -4.03. The van der Waals surface area contributed by atoms with Crippen LogP contribution in [0.4, 0.5) is 22.0 Å². The summed E-state index contributed by atoms with van der Waals surface area (Å²) in [6, 6.07) is 4.03. The Morgan fingerprint density at radius 1 is 1.30 bits per heavy atom. The summed E-state index contributed by atoms with van der Waals surface area (Å²) in [6.45, 7) is 3.58. The van der Waals surface area contributed by atoms with Crippen molar-refractivity contribution >= 4 is 5.84 Å². The van der Waals surface area contributed by atoms with E-state index in [0.29, 0.717) is 25.1 Å². The molecule has 27 heavy (non-hydrogen) atoms. The van der Waals surface area contributed by atoms with Crippen molar-refractivity contribution in [2.75, 3.05) is 13.1 Å². The summed E-state index contributed by atoms with van der Waals surface area (Å²) in [7, 11) is 0. The number of rotatable bonds is 6. The van der Waals surface area contributed by atoms with Crippen LogP contribution in [-0.4, -0.2) is 36.3 Å². The van der Waals surface area contributed by atoms with Crippen LogP contribution in [-0.2, 0) is 0 Å². The molecule has 150 valence electrons. The lowest BCUT2D eigenvalue weighted by Crippen LogP contribution is -2.32. The molecule has 1 aliphatic heterocycles. The molecule has 0 amide bonds. The van der Waals surface area contributed by atoms with Crippen LogP contribution in [0.25, 0.3) is 0 Å². The van der Waals surface area contributed by atoms with Gasteiger partial charge in [-0.05, 0) is 30.9 Å². The number of nitrogens with zero attached hydrogens (tertiary/aromatic N) is 1. The van der Waals surface area contributed by atoms with Gasteiger partial charge in [0.15, 0.2) is 11.6 Å². The summed E-state index contributed by atoms with van der Waals surface area (Å²) in [4.78, 5) is 4.14. The first-order valence-corrected chi connectivity index (χ1v) is 8.79. The number of allylic oxidation sites excluding steroid dienone is 1. The summed E-state index contributed by atoms with van der Waals surface area (Å²) < 4.78 is 64.6. The minimum atomic E-state index is -4.46. The zero-order valence-electron chi connectivity index (χ0n) is 14.8. The summed E-state index contributed by atoms with van der Waals surface area (Å²) in [5.74, 6) is -1.74. The zero-order valence-corrected chi connectivity index (χ0v) is 14.8. The van der Waals surface area contributed by atoms with Gasteiger partial charge in [-0.1, -0.05) is 18.2 Å². The maximum Gasteiger partial charge on any atom is 0.391 e. The molecule has 1 aromatic carbocycles. The standard InChI is InChI=1S/C19H23F5N2O/c1-2-4-12-7-8-13(15-5-3-6-16(20)17(15)21)10-25-18(12)26-11-14(27)9-19(22,23)24/h2-3,5-6,12-14,27H,1,4,7-11H2,(H,25,26)/t12-,13-,14?/m0/s1. The molecule has 0 saturated carbocycles. The third kappa shape index (κ3) is 6.30. The monoisotopic (exact) mass is 390 g/mol. The van der Waals surface area contributed by atoms with Crippen LogP contribution in [0, 0.1) is 17.6 Å². The fourth-order valence-corrected chi connectivity index (χ4v) is 3.27. The van der Waals surface area contributed by atoms with Gasteiger partial charge in [0.25, 0.3) is 0 Å². The normalized spacial score (nSPS) is 23.6. The second-order valence-corrected chi connectivity index (χ2v) is 6.72. The van der Waals surface area contributed by atoms with Crippen LogP contribution in [0.3, 0.4) is 0 Å². The number of aliphatic hydroxyl groups is 1. The maximum absolute atomic E-state index is 14.1. The smallest absolute Gasteiger partial charge is 0.391 e. The largest absolute Gasteiger partial charge is 0.391 e. The number of aliphatic hydroxyl groups excluding tert-OH is 1. The number of hydrogen-bond donors (Lipinski definition) is 2. The summed E-state index contributed by atoms with van der Waals surface area (Å²) in [5, 5.41) is 12.6. The van der Waals surface area contributed by atoms with E-state index in [1.165, 1.54) is 12.1 Å². The van der Waals surface area contributed by atoms with Crippen molar-refractivity contribution < 1.29 is 27.1 Å². The summed E-state index contributed by atoms with van der Waals surface area (Å²) >= 11 is 0. The quantitative estimate of drug-likeness (QED) is 0.561. The third-order valence-corrected chi connectivity index (χ3v) is 4.59. The van der Waals surface area contributed by atoms with E-state index in [-0.39, 0.29) is 30.5 Å². The first kappa shape index (κ1) is 21.3. The van der Waals surface area contributed by atoms with Gasteiger partial charge >= 0.3 is 6.18 Å². The van der Waals surface area contributed by atoms with Crippen molar-refractivity contribution in [2.45, 2.75) is 43.9 Å². The fourth-order valence-electron chi connectivity index (χ4n) is 3.27. The molecule has 1 aromatic rings. The number of halogens is 5. The Morgan fingerprint density at radius 3 is 2.70 bits per heavy atom. The van der Waals surface area contributed by atoms with E-state index >= 15 is 0 Å². The molecule has 0 spiro atoms. The van der Waals surface area contributed by atoms with E-state index in [9.17, 15) is 27.1 Å². The zero-order chi connectivity index (χ0) is 20.0. The molecule has 2 N–H and O–H groups in total. The average molecular weight is 390 g/mol. The number of amidine groups is 1. The van der Waals surface area contributed by atoms with Crippen molar-refractivity contribution in [3.05, 3.63) is 48.1 Å². The molecule has 0 radical (unpaired) electrons. The highest BCUT2D eigenvalue weighted by atomic mass is 19.4. The molecule has 1 unspecified atom stereocenters. The Morgan fingerprint density at radius 2 is 2.04 bits per heavy atom. The molecule has 3 nitrogen and oxygen atoms in total. The molecule has 3 atom stereocenters. The van der Waals surface area contributed by atoms with E-state index in [4.69, 9.17) is 0 Å². The lowest BCUT2D eigenvalue weighted by Gasteiger charge is -2.17. The van der Waals surface area contributed by atoms with E-state index in [2.05, 4.69) is 16.9 Å². The Bertz CT molecular complexity index is 675. The van der Waals surface area contributed by atoms with Gasteiger partial charge in [0.05, 0.1) is 24.9 Å². The minimum Gasteiger partial charge on any atom is -0.391 e. The molecule has 0 bridgehead atoms. The van der Waals surface area contributed by atoms with Crippen molar-refractivity contribution in [3.8, 4) is 0 Å². The molecule has 0 aromatic heterocycles. The predicted molar refractivity (Wildman–Crippen MR) is 93.6 cm³/mol. The van der Waals surface area contributed by atoms with E-state index in [1.807, 2.05) is 0 Å². The van der Waals surface area contributed by atoms with Crippen LogP contribution in [0.5, 0.6) is 0 Å². The molecule has 1 aliphatic rings. The third-order valence-electron chi connectivity index (χ3n) is 4.59. The fraction of sp³-hybridized carbons (Fsp3) is 0.526. The number of alkyl halides is 3. The van der Waals surface area contributed by atoms with Crippen LogP contribution >= 0.6 is 0 Å². The lowest BCUT2D eigenvalue weighted by atomic mass is 9.90. The second kappa shape index (κ2) is 9.30. The van der Waals surface area contributed by atoms with Gasteiger partial charge in [-0.15, -0.1) is 6.58 Å². The van der Waals surface area contributed by atoms with Gasteiger partial charge in [0, 0.05) is 18.4 Å². The Labute approximate surface area is 155 Å². The average Bonchev–Trinajstić information content (AvgIpc) is 2.77. The van der Waals surface area contributed by atoms with E-state index in [1.54, 1.807) is 6.08 Å². The predicted octanol–water partition coefficient (Wildman–Crippen LogP) is 4.34. The van der Waals surface area contributed by atoms with Crippen LogP contribution in [0.1, 0.15) is 37.2 Å². The highest BCUT2D eigenvalue weighted by molar-refractivity contribution is 5.85. The number of hydrogen-bond acceptors (Lipinski definition) is 2. The molecule has 1 fully saturated rings. The maximum atomic E-state index is 14.1. The lowest BCUT2D eigenvalue weighted by molar-refractivity contribution is -0.152.